The zero-order chi connectivity index (χ0) is 14.1. The molecule has 0 aliphatic heterocycles. The van der Waals surface area contributed by atoms with Gasteiger partial charge in [-0.05, 0) is 31.5 Å². The molecule has 4 heteroatoms. The van der Waals surface area contributed by atoms with Crippen LogP contribution in [-0.2, 0) is 0 Å². The number of nitrogens with two attached hydrogens (primary N) is 1. The van der Waals surface area contributed by atoms with Crippen molar-refractivity contribution in [2.45, 2.75) is 13.8 Å². The van der Waals surface area contributed by atoms with E-state index in [1.807, 2.05) is 26.0 Å². The number of rotatable bonds is 2. The van der Waals surface area contributed by atoms with Gasteiger partial charge < -0.3 is 10.3 Å². The molecule has 0 fully saturated rings. The summed E-state index contributed by atoms with van der Waals surface area (Å²) in [5, 5.41) is 3.92. The average Bonchev–Trinajstić information content (AvgIpc) is 2.84. The van der Waals surface area contributed by atoms with Crippen molar-refractivity contribution in [3.05, 3.63) is 53.9 Å². The standard InChI is InChI=1S/C16H15N3O/c1-10-5-6-11(2)13(8-10)15-14(16(17)19-20-15)12-4-3-7-18-9-12/h3-9H,1-2H3,(H2,17,19). The van der Waals surface area contributed by atoms with E-state index in [2.05, 4.69) is 28.3 Å². The van der Waals surface area contributed by atoms with E-state index in [0.29, 0.717) is 11.6 Å². The third-order valence-electron chi connectivity index (χ3n) is 3.31. The molecule has 100 valence electrons. The Morgan fingerprint density at radius 3 is 2.75 bits per heavy atom. The maximum atomic E-state index is 5.97. The van der Waals surface area contributed by atoms with Crippen molar-refractivity contribution >= 4 is 5.82 Å². The summed E-state index contributed by atoms with van der Waals surface area (Å²) in [6.07, 6.45) is 3.49. The van der Waals surface area contributed by atoms with E-state index in [9.17, 15) is 0 Å². The fourth-order valence-corrected chi connectivity index (χ4v) is 2.26. The van der Waals surface area contributed by atoms with Crippen LogP contribution in [0.5, 0.6) is 0 Å². The van der Waals surface area contributed by atoms with Gasteiger partial charge in [0, 0.05) is 23.5 Å². The number of aromatic nitrogens is 2. The van der Waals surface area contributed by atoms with Crippen molar-refractivity contribution in [2.24, 2.45) is 0 Å². The second-order valence-corrected chi connectivity index (χ2v) is 4.83. The van der Waals surface area contributed by atoms with Crippen molar-refractivity contribution in [2.75, 3.05) is 5.73 Å². The average molecular weight is 265 g/mol. The summed E-state index contributed by atoms with van der Waals surface area (Å²) in [6.45, 7) is 4.09. The van der Waals surface area contributed by atoms with Crippen molar-refractivity contribution in [1.29, 1.82) is 0 Å². The van der Waals surface area contributed by atoms with Crippen LogP contribution in [-0.4, -0.2) is 10.1 Å². The zero-order valence-corrected chi connectivity index (χ0v) is 11.4. The smallest absolute Gasteiger partial charge is 0.177 e. The van der Waals surface area contributed by atoms with Crippen LogP contribution in [0.3, 0.4) is 0 Å². The summed E-state index contributed by atoms with van der Waals surface area (Å²) in [5.74, 6) is 1.07. The molecule has 0 unspecified atom stereocenters. The summed E-state index contributed by atoms with van der Waals surface area (Å²) in [6, 6.07) is 10.0. The Balaban J connectivity index is 2.24. The number of nitrogen functional groups attached to an aromatic ring is 1. The molecule has 2 heterocycles. The Morgan fingerprint density at radius 2 is 2.00 bits per heavy atom. The topological polar surface area (TPSA) is 64.9 Å². The highest BCUT2D eigenvalue weighted by molar-refractivity contribution is 5.87. The molecular weight excluding hydrogens is 250 g/mol. The van der Waals surface area contributed by atoms with Crippen molar-refractivity contribution < 1.29 is 4.52 Å². The zero-order valence-electron chi connectivity index (χ0n) is 11.4. The van der Waals surface area contributed by atoms with Gasteiger partial charge in [-0.25, -0.2) is 0 Å². The first-order valence-electron chi connectivity index (χ1n) is 6.40. The van der Waals surface area contributed by atoms with E-state index in [1.54, 1.807) is 12.4 Å². The highest BCUT2D eigenvalue weighted by Crippen LogP contribution is 2.37. The van der Waals surface area contributed by atoms with Crippen LogP contribution < -0.4 is 5.73 Å². The first-order valence-corrected chi connectivity index (χ1v) is 6.40. The third kappa shape index (κ3) is 2.05. The molecule has 0 saturated carbocycles. The van der Waals surface area contributed by atoms with Crippen molar-refractivity contribution in [1.82, 2.24) is 10.1 Å². The predicted octanol–water partition coefficient (Wildman–Crippen LogP) is 3.60. The van der Waals surface area contributed by atoms with Gasteiger partial charge >= 0.3 is 0 Å². The van der Waals surface area contributed by atoms with Crippen molar-refractivity contribution in [3.63, 3.8) is 0 Å². The van der Waals surface area contributed by atoms with E-state index in [4.69, 9.17) is 10.3 Å². The molecule has 0 saturated heterocycles. The minimum atomic E-state index is 0.383. The molecule has 0 aliphatic carbocycles. The lowest BCUT2D eigenvalue weighted by Crippen LogP contribution is -1.90. The number of aryl methyl sites for hydroxylation is 2. The molecular formula is C16H15N3O. The second-order valence-electron chi connectivity index (χ2n) is 4.83. The molecule has 0 radical (unpaired) electrons. The number of benzene rings is 1. The van der Waals surface area contributed by atoms with Crippen LogP contribution in [0, 0.1) is 13.8 Å². The van der Waals surface area contributed by atoms with Crippen LogP contribution in [0.25, 0.3) is 22.5 Å². The van der Waals surface area contributed by atoms with Gasteiger partial charge in [0.25, 0.3) is 0 Å². The van der Waals surface area contributed by atoms with E-state index in [1.165, 1.54) is 0 Å². The van der Waals surface area contributed by atoms with Gasteiger partial charge in [0.05, 0.1) is 5.56 Å². The molecule has 3 aromatic rings. The monoisotopic (exact) mass is 265 g/mol. The summed E-state index contributed by atoms with van der Waals surface area (Å²) >= 11 is 0. The Kier molecular flexibility index (Phi) is 2.99. The molecule has 0 atom stereocenters. The number of nitrogens with zero attached hydrogens (tertiary/aromatic N) is 2. The quantitative estimate of drug-likeness (QED) is 0.768. The van der Waals surface area contributed by atoms with Gasteiger partial charge in [0.1, 0.15) is 0 Å². The fourth-order valence-electron chi connectivity index (χ4n) is 2.26. The Morgan fingerprint density at radius 1 is 1.15 bits per heavy atom. The van der Waals surface area contributed by atoms with Gasteiger partial charge in [-0.15, -0.1) is 0 Å². The normalized spacial score (nSPS) is 10.7. The summed E-state index contributed by atoms with van der Waals surface area (Å²) in [4.78, 5) is 4.13. The maximum absolute atomic E-state index is 5.97. The van der Waals surface area contributed by atoms with E-state index in [-0.39, 0.29) is 0 Å². The van der Waals surface area contributed by atoms with Crippen LogP contribution in [0.4, 0.5) is 5.82 Å². The van der Waals surface area contributed by atoms with Gasteiger partial charge in [-0.3, -0.25) is 4.98 Å². The number of hydrogen-bond donors (Lipinski definition) is 1. The Labute approximate surface area is 117 Å². The first kappa shape index (κ1) is 12.4. The van der Waals surface area contributed by atoms with Crippen LogP contribution in [0.2, 0.25) is 0 Å². The molecule has 1 aromatic carbocycles. The lowest BCUT2D eigenvalue weighted by Gasteiger charge is -2.06. The van der Waals surface area contributed by atoms with E-state index in [0.717, 1.165) is 27.8 Å². The van der Waals surface area contributed by atoms with E-state index < -0.39 is 0 Å². The van der Waals surface area contributed by atoms with E-state index >= 15 is 0 Å². The minimum absolute atomic E-state index is 0.383. The van der Waals surface area contributed by atoms with Gasteiger partial charge in [0.15, 0.2) is 11.6 Å². The van der Waals surface area contributed by atoms with Gasteiger partial charge in [-0.2, -0.15) is 0 Å². The highest BCUT2D eigenvalue weighted by atomic mass is 16.5. The molecule has 0 amide bonds. The van der Waals surface area contributed by atoms with Crippen LogP contribution >= 0.6 is 0 Å². The molecule has 0 aliphatic rings. The largest absolute Gasteiger partial charge is 0.380 e. The fraction of sp³-hybridized carbons (Fsp3) is 0.125. The molecule has 0 bridgehead atoms. The summed E-state index contributed by atoms with van der Waals surface area (Å²) in [5.41, 5.74) is 11.0. The Bertz CT molecular complexity index is 748. The molecule has 20 heavy (non-hydrogen) atoms. The van der Waals surface area contributed by atoms with Crippen LogP contribution in [0.1, 0.15) is 11.1 Å². The lowest BCUT2D eigenvalue weighted by atomic mass is 9.98. The molecule has 2 N–H and O–H groups in total. The minimum Gasteiger partial charge on any atom is -0.380 e. The molecule has 3 rings (SSSR count). The molecule has 0 spiro atoms. The third-order valence-corrected chi connectivity index (χ3v) is 3.31. The van der Waals surface area contributed by atoms with Gasteiger partial charge in [-0.1, -0.05) is 28.9 Å². The highest BCUT2D eigenvalue weighted by Gasteiger charge is 2.19. The van der Waals surface area contributed by atoms with Crippen LogP contribution in [0.15, 0.2) is 47.2 Å². The molecule has 4 nitrogen and oxygen atoms in total. The lowest BCUT2D eigenvalue weighted by molar-refractivity contribution is 0.436. The number of pyridine rings is 1. The van der Waals surface area contributed by atoms with Gasteiger partial charge in [0.2, 0.25) is 0 Å². The van der Waals surface area contributed by atoms with Crippen molar-refractivity contribution in [3.8, 4) is 22.5 Å². The summed E-state index contributed by atoms with van der Waals surface area (Å²) < 4.78 is 5.47. The predicted molar refractivity (Wildman–Crippen MR) is 79.1 cm³/mol. The summed E-state index contributed by atoms with van der Waals surface area (Å²) in [7, 11) is 0. The number of hydrogen-bond acceptors (Lipinski definition) is 4. The molecule has 2 aromatic heterocycles. The SMILES string of the molecule is Cc1ccc(C)c(-c2onc(N)c2-c2cccnc2)c1. The Hall–Kier alpha value is -2.62. The first-order chi connectivity index (χ1) is 9.66. The second kappa shape index (κ2) is 4.81. The maximum Gasteiger partial charge on any atom is 0.177 e. The number of anilines is 1.